The fraction of sp³-hybridized carbons (Fsp3) is 0.0455. The Morgan fingerprint density at radius 1 is 0.969 bits per heavy atom. The molecule has 0 N–H and O–H groups in total. The van der Waals surface area contributed by atoms with E-state index in [1.165, 1.54) is 12.1 Å². The van der Waals surface area contributed by atoms with E-state index in [2.05, 4.69) is 26.2 Å². The first-order valence-corrected chi connectivity index (χ1v) is 8.92. The van der Waals surface area contributed by atoms with Crippen LogP contribution in [0, 0.1) is 11.9 Å². The molecule has 0 aliphatic carbocycles. The Morgan fingerprint density at radius 3 is 2.38 bits per heavy atom. The summed E-state index contributed by atoms with van der Waals surface area (Å²) in [5, 5.41) is 6.48. The Morgan fingerprint density at radius 2 is 1.75 bits per heavy atom. The van der Waals surface area contributed by atoms with Gasteiger partial charge in [-0.2, -0.15) is 13.2 Å². The predicted molar refractivity (Wildman–Crippen MR) is 104 cm³/mol. The Balaban J connectivity index is 0.000000184. The first-order chi connectivity index (χ1) is 14.9. The molecule has 5 aromatic rings. The van der Waals surface area contributed by atoms with Gasteiger partial charge in [-0.15, -0.1) is 29.8 Å². The molecule has 165 valence electrons. The molecule has 2 aromatic carbocycles. The van der Waals surface area contributed by atoms with Crippen LogP contribution in [-0.2, 0) is 26.3 Å². The third kappa shape index (κ3) is 5.46. The van der Waals surface area contributed by atoms with Crippen molar-refractivity contribution in [2.24, 2.45) is 0 Å². The van der Waals surface area contributed by atoms with Crippen LogP contribution in [0.25, 0.3) is 33.9 Å². The quantitative estimate of drug-likeness (QED) is 0.192. The Hall–Kier alpha value is -3.36. The van der Waals surface area contributed by atoms with E-state index < -0.39 is 11.9 Å². The van der Waals surface area contributed by atoms with Gasteiger partial charge in [-0.25, -0.2) is 4.98 Å². The predicted octanol–water partition coefficient (Wildman–Crippen LogP) is 5.55. The minimum absolute atomic E-state index is 0. The second kappa shape index (κ2) is 9.84. The summed E-state index contributed by atoms with van der Waals surface area (Å²) in [7, 11) is 0. The van der Waals surface area contributed by atoms with Gasteiger partial charge in [0.25, 0.3) is 0 Å². The summed E-state index contributed by atoms with van der Waals surface area (Å²) in [4.78, 5) is 8.17. The molecule has 0 aliphatic heterocycles. The minimum atomic E-state index is -4.52. The molecular weight excluding hydrogens is 604 g/mol. The largest absolute Gasteiger partial charge is 0.571 e. The first-order valence-electron chi connectivity index (χ1n) is 8.92. The standard InChI is InChI=1S/C11H5F3N3O.C11H7FN.Ir/c12-11(13,14)9-5-7(16-17-9)10-15-6-3-1-2-4-8(6)18-10;12-10-6-4-9(5-7-10)11-3-1-2-8-13-11;/h1-5H;1-4,6-8H;/q2*-1;. The molecule has 32 heavy (non-hydrogen) atoms. The molecule has 0 amide bonds. The van der Waals surface area contributed by atoms with Gasteiger partial charge in [-0.3, -0.25) is 4.39 Å². The maximum absolute atomic E-state index is 12.6. The Bertz CT molecular complexity index is 1250. The van der Waals surface area contributed by atoms with Crippen molar-refractivity contribution in [3.05, 3.63) is 90.5 Å². The van der Waals surface area contributed by atoms with Crippen LogP contribution < -0.4 is 5.10 Å². The van der Waals surface area contributed by atoms with E-state index in [4.69, 9.17) is 4.42 Å². The van der Waals surface area contributed by atoms with Crippen molar-refractivity contribution in [1.82, 2.24) is 20.2 Å². The molecule has 0 atom stereocenters. The summed E-state index contributed by atoms with van der Waals surface area (Å²) < 4.78 is 55.0. The number of oxazole rings is 1. The second-order valence-electron chi connectivity index (χ2n) is 6.23. The number of hydrogen-bond acceptors (Lipinski definition) is 4. The third-order valence-electron chi connectivity index (χ3n) is 4.06. The number of fused-ring (bicyclic) bond motifs is 1. The number of pyridine rings is 1. The van der Waals surface area contributed by atoms with Crippen molar-refractivity contribution >= 4 is 11.1 Å². The number of aromatic nitrogens is 4. The van der Waals surface area contributed by atoms with Crippen molar-refractivity contribution in [3.8, 4) is 22.8 Å². The first kappa shape index (κ1) is 23.3. The molecule has 10 heteroatoms. The number of nitrogens with zero attached hydrogens (tertiary/aromatic N) is 4. The van der Waals surface area contributed by atoms with E-state index in [0.29, 0.717) is 11.1 Å². The van der Waals surface area contributed by atoms with Crippen molar-refractivity contribution in [2.75, 3.05) is 0 Å². The van der Waals surface area contributed by atoms with Crippen LogP contribution in [0.1, 0.15) is 5.69 Å². The van der Waals surface area contributed by atoms with Crippen molar-refractivity contribution in [1.29, 1.82) is 0 Å². The zero-order valence-electron chi connectivity index (χ0n) is 16.0. The molecule has 0 bridgehead atoms. The number of halogens is 4. The number of rotatable bonds is 2. The van der Waals surface area contributed by atoms with Gasteiger partial charge < -0.3 is 19.6 Å². The number of hydrogen-bond donors (Lipinski definition) is 0. The van der Waals surface area contributed by atoms with Crippen molar-refractivity contribution < 1.29 is 42.1 Å². The van der Waals surface area contributed by atoms with Gasteiger partial charge in [0, 0.05) is 32.1 Å². The van der Waals surface area contributed by atoms with Crippen LogP contribution in [-0.4, -0.2) is 15.1 Å². The molecule has 0 aliphatic rings. The van der Waals surface area contributed by atoms with Crippen molar-refractivity contribution in [3.63, 3.8) is 0 Å². The topological polar surface area (TPSA) is 65.9 Å². The van der Waals surface area contributed by atoms with Gasteiger partial charge in [0.1, 0.15) is 11.2 Å². The van der Waals surface area contributed by atoms with Gasteiger partial charge >= 0.3 is 6.18 Å². The molecular formula is C22H12F4IrN4O-2. The fourth-order valence-electron chi connectivity index (χ4n) is 2.61. The molecule has 0 spiro atoms. The summed E-state index contributed by atoms with van der Waals surface area (Å²) >= 11 is 0. The SMILES string of the molecule is FC(F)(F)c1cc(-c2nc3ccccc3o2)[n-]n1.Fc1c[c-]c(-c2ccccn2)cc1.[Ir]. The molecule has 0 saturated carbocycles. The molecule has 3 heterocycles. The average molecular weight is 617 g/mol. The van der Waals surface area contributed by atoms with Crippen molar-refractivity contribution in [2.45, 2.75) is 6.18 Å². The molecule has 5 rings (SSSR count). The van der Waals surface area contributed by atoms with E-state index in [0.717, 1.165) is 17.3 Å². The van der Waals surface area contributed by atoms with E-state index in [1.54, 1.807) is 36.5 Å². The third-order valence-corrected chi connectivity index (χ3v) is 4.06. The second-order valence-corrected chi connectivity index (χ2v) is 6.23. The molecule has 1 radical (unpaired) electrons. The van der Waals surface area contributed by atoms with Gasteiger partial charge in [0.05, 0.1) is 0 Å². The number of para-hydroxylation sites is 2. The average Bonchev–Trinajstić information content (AvgIpc) is 3.42. The van der Waals surface area contributed by atoms with Gasteiger partial charge in [-0.05, 0) is 30.0 Å². The van der Waals surface area contributed by atoms with Crippen LogP contribution in [0.5, 0.6) is 0 Å². The summed E-state index contributed by atoms with van der Waals surface area (Å²) in [6.07, 6.45) is -2.82. The van der Waals surface area contributed by atoms with E-state index in [9.17, 15) is 17.6 Å². The Labute approximate surface area is 192 Å². The van der Waals surface area contributed by atoms with Crippen LogP contribution in [0.4, 0.5) is 17.6 Å². The summed E-state index contributed by atoms with van der Waals surface area (Å²) in [5.41, 5.74) is 1.58. The Kier molecular flexibility index (Phi) is 7.17. The minimum Gasteiger partial charge on any atom is -0.571 e. The molecule has 0 saturated heterocycles. The van der Waals surface area contributed by atoms with E-state index >= 15 is 0 Å². The van der Waals surface area contributed by atoms with E-state index in [1.807, 2.05) is 18.2 Å². The maximum Gasteiger partial charge on any atom is 0.431 e. The van der Waals surface area contributed by atoms with Gasteiger partial charge in [0.2, 0.25) is 5.89 Å². The monoisotopic (exact) mass is 617 g/mol. The molecule has 0 fully saturated rings. The smallest absolute Gasteiger partial charge is 0.431 e. The zero-order valence-corrected chi connectivity index (χ0v) is 18.4. The molecule has 5 nitrogen and oxygen atoms in total. The summed E-state index contributed by atoms with van der Waals surface area (Å²) in [6.45, 7) is 0. The van der Waals surface area contributed by atoms with Gasteiger partial charge in [-0.1, -0.05) is 30.0 Å². The van der Waals surface area contributed by atoms with Crippen LogP contribution >= 0.6 is 0 Å². The van der Waals surface area contributed by atoms with Crippen LogP contribution in [0.15, 0.2) is 77.3 Å². The normalized spacial score (nSPS) is 10.9. The number of benzene rings is 2. The summed E-state index contributed by atoms with van der Waals surface area (Å²) in [5.74, 6) is -0.251. The number of alkyl halides is 3. The maximum atomic E-state index is 12.6. The molecule has 0 unspecified atom stereocenters. The van der Waals surface area contributed by atoms with Crippen LogP contribution in [0.3, 0.4) is 0 Å². The van der Waals surface area contributed by atoms with Gasteiger partial charge in [0.15, 0.2) is 5.58 Å². The summed E-state index contributed by atoms with van der Waals surface area (Å²) in [6, 6.07) is 20.5. The van der Waals surface area contributed by atoms with E-state index in [-0.39, 0.29) is 37.5 Å². The van der Waals surface area contributed by atoms with Crippen LogP contribution in [0.2, 0.25) is 0 Å². The zero-order chi connectivity index (χ0) is 21.8. The molecule has 3 aromatic heterocycles. The fourth-order valence-corrected chi connectivity index (χ4v) is 2.61.